The Hall–Kier alpha value is -0.750. The molecule has 19 heavy (non-hydrogen) atoms. The number of nitrogens with one attached hydrogen (secondary N) is 2. The fourth-order valence-electron chi connectivity index (χ4n) is 2.72. The Morgan fingerprint density at radius 1 is 1.47 bits per heavy atom. The molecular weight excluding hydrogens is 260 g/mol. The second kappa shape index (κ2) is 6.61. The molecule has 2 N–H and O–H groups in total. The highest BCUT2D eigenvalue weighted by Gasteiger charge is 2.33. The van der Waals surface area contributed by atoms with Crippen LogP contribution < -0.4 is 11.0 Å². The standard InChI is InChI=1S/C13H24N4OS/c1-4-8-14-10-6-7-11(9(10)3)19-13-16-15-12(18)17(13)5-2/h9-11,14H,4-8H2,1-3H3,(H,15,18). The number of hydrogen-bond acceptors (Lipinski definition) is 4. The molecule has 2 rings (SSSR count). The Kier molecular flexibility index (Phi) is 5.10. The summed E-state index contributed by atoms with van der Waals surface area (Å²) in [5.41, 5.74) is -0.101. The van der Waals surface area contributed by atoms with Crippen molar-refractivity contribution in [1.29, 1.82) is 0 Å². The predicted molar refractivity (Wildman–Crippen MR) is 78.6 cm³/mol. The van der Waals surface area contributed by atoms with Gasteiger partial charge in [-0.15, -0.1) is 5.10 Å². The van der Waals surface area contributed by atoms with Gasteiger partial charge in [0.25, 0.3) is 0 Å². The van der Waals surface area contributed by atoms with Gasteiger partial charge in [-0.25, -0.2) is 9.89 Å². The van der Waals surface area contributed by atoms with Crippen molar-refractivity contribution in [1.82, 2.24) is 20.1 Å². The SMILES string of the molecule is CCCNC1CCC(Sc2n[nH]c(=O)n2CC)C1C. The Bertz CT molecular complexity index is 456. The molecule has 1 saturated carbocycles. The van der Waals surface area contributed by atoms with Gasteiger partial charge in [0.05, 0.1) is 0 Å². The van der Waals surface area contributed by atoms with Gasteiger partial charge in [-0.1, -0.05) is 25.6 Å². The molecule has 1 aliphatic carbocycles. The van der Waals surface area contributed by atoms with E-state index in [4.69, 9.17) is 0 Å². The molecule has 0 bridgehead atoms. The van der Waals surface area contributed by atoms with E-state index in [2.05, 4.69) is 29.4 Å². The van der Waals surface area contributed by atoms with Crippen molar-refractivity contribution < 1.29 is 0 Å². The number of aromatic nitrogens is 3. The highest BCUT2D eigenvalue weighted by atomic mass is 32.2. The van der Waals surface area contributed by atoms with Crippen LogP contribution in [-0.2, 0) is 6.54 Å². The third-order valence-electron chi connectivity index (χ3n) is 3.94. The van der Waals surface area contributed by atoms with Crippen LogP contribution in [-0.4, -0.2) is 32.6 Å². The molecule has 1 aromatic rings. The van der Waals surface area contributed by atoms with E-state index in [-0.39, 0.29) is 5.69 Å². The molecule has 0 aliphatic heterocycles. The van der Waals surface area contributed by atoms with Crippen molar-refractivity contribution in [2.24, 2.45) is 5.92 Å². The Morgan fingerprint density at radius 2 is 2.26 bits per heavy atom. The lowest BCUT2D eigenvalue weighted by atomic mass is 10.1. The van der Waals surface area contributed by atoms with Gasteiger partial charge in [-0.2, -0.15) is 0 Å². The van der Waals surface area contributed by atoms with E-state index in [1.54, 1.807) is 16.3 Å². The summed E-state index contributed by atoms with van der Waals surface area (Å²) >= 11 is 1.75. The molecule has 0 radical (unpaired) electrons. The zero-order valence-electron chi connectivity index (χ0n) is 12.0. The Labute approximate surface area is 118 Å². The van der Waals surface area contributed by atoms with Crippen LogP contribution in [0.1, 0.15) is 40.0 Å². The predicted octanol–water partition coefficient (Wildman–Crippen LogP) is 1.85. The highest BCUT2D eigenvalue weighted by Crippen LogP contribution is 2.37. The van der Waals surface area contributed by atoms with Gasteiger partial charge in [0.2, 0.25) is 0 Å². The summed E-state index contributed by atoms with van der Waals surface area (Å²) in [5, 5.41) is 11.7. The summed E-state index contributed by atoms with van der Waals surface area (Å²) in [6.07, 6.45) is 3.59. The first-order valence-corrected chi connectivity index (χ1v) is 8.10. The summed E-state index contributed by atoms with van der Waals surface area (Å²) in [6, 6.07) is 0.609. The number of H-pyrrole nitrogens is 1. The smallest absolute Gasteiger partial charge is 0.314 e. The van der Waals surface area contributed by atoms with Gasteiger partial charge in [-0.3, -0.25) is 4.57 Å². The summed E-state index contributed by atoms with van der Waals surface area (Å²) in [4.78, 5) is 11.6. The minimum Gasteiger partial charge on any atom is -0.314 e. The van der Waals surface area contributed by atoms with Gasteiger partial charge in [0.15, 0.2) is 5.16 Å². The summed E-state index contributed by atoms with van der Waals surface area (Å²) in [5.74, 6) is 0.619. The number of rotatable bonds is 6. The van der Waals surface area contributed by atoms with Crippen LogP contribution >= 0.6 is 11.8 Å². The quantitative estimate of drug-likeness (QED) is 0.837. The van der Waals surface area contributed by atoms with Gasteiger partial charge in [0, 0.05) is 17.8 Å². The van der Waals surface area contributed by atoms with Crippen molar-refractivity contribution >= 4 is 11.8 Å². The fraction of sp³-hybridized carbons (Fsp3) is 0.846. The van der Waals surface area contributed by atoms with Gasteiger partial charge in [-0.05, 0) is 38.6 Å². The van der Waals surface area contributed by atoms with Crippen LogP contribution in [0.4, 0.5) is 0 Å². The normalized spacial score (nSPS) is 27.0. The lowest BCUT2D eigenvalue weighted by Crippen LogP contribution is -2.33. The van der Waals surface area contributed by atoms with Crippen molar-refractivity contribution in [2.45, 2.75) is 63.0 Å². The first-order chi connectivity index (χ1) is 9.17. The van der Waals surface area contributed by atoms with Gasteiger partial charge < -0.3 is 5.32 Å². The Morgan fingerprint density at radius 3 is 2.95 bits per heavy atom. The molecular formula is C13H24N4OS. The minimum absolute atomic E-state index is 0.101. The molecule has 0 saturated heterocycles. The number of aromatic amines is 1. The van der Waals surface area contributed by atoms with Crippen LogP contribution in [0.25, 0.3) is 0 Å². The third kappa shape index (κ3) is 3.23. The van der Waals surface area contributed by atoms with Crippen LogP contribution in [0.3, 0.4) is 0 Å². The number of nitrogens with zero attached hydrogens (tertiary/aromatic N) is 2. The maximum atomic E-state index is 11.6. The van der Waals surface area contributed by atoms with E-state index in [1.807, 2.05) is 6.92 Å². The molecule has 5 nitrogen and oxygen atoms in total. The molecule has 1 aliphatic rings. The van der Waals surface area contributed by atoms with Crippen LogP contribution in [0.5, 0.6) is 0 Å². The van der Waals surface area contributed by atoms with Crippen molar-refractivity contribution in [3.63, 3.8) is 0 Å². The first-order valence-electron chi connectivity index (χ1n) is 7.22. The molecule has 3 atom stereocenters. The highest BCUT2D eigenvalue weighted by molar-refractivity contribution is 7.99. The molecule has 1 fully saturated rings. The summed E-state index contributed by atoms with van der Waals surface area (Å²) in [7, 11) is 0. The topological polar surface area (TPSA) is 62.7 Å². The largest absolute Gasteiger partial charge is 0.343 e. The zero-order chi connectivity index (χ0) is 13.8. The second-order valence-electron chi connectivity index (χ2n) is 5.21. The third-order valence-corrected chi connectivity index (χ3v) is 5.43. The maximum absolute atomic E-state index is 11.6. The van der Waals surface area contributed by atoms with Crippen LogP contribution in [0.15, 0.2) is 9.95 Å². The molecule has 108 valence electrons. The van der Waals surface area contributed by atoms with Crippen molar-refractivity contribution in [2.75, 3.05) is 6.54 Å². The second-order valence-corrected chi connectivity index (χ2v) is 6.42. The Balaban J connectivity index is 1.98. The average molecular weight is 284 g/mol. The molecule has 0 amide bonds. The molecule has 1 aromatic heterocycles. The van der Waals surface area contributed by atoms with E-state index in [0.717, 1.165) is 11.7 Å². The van der Waals surface area contributed by atoms with E-state index < -0.39 is 0 Å². The molecule has 3 unspecified atom stereocenters. The first kappa shape index (κ1) is 14.7. The lowest BCUT2D eigenvalue weighted by molar-refractivity contribution is 0.431. The summed E-state index contributed by atoms with van der Waals surface area (Å²) < 4.78 is 1.71. The maximum Gasteiger partial charge on any atom is 0.343 e. The van der Waals surface area contributed by atoms with E-state index >= 15 is 0 Å². The number of thioether (sulfide) groups is 1. The van der Waals surface area contributed by atoms with E-state index in [9.17, 15) is 4.79 Å². The number of hydrogen-bond donors (Lipinski definition) is 2. The monoisotopic (exact) mass is 284 g/mol. The molecule has 6 heteroatoms. The van der Waals surface area contributed by atoms with Crippen molar-refractivity contribution in [3.05, 3.63) is 10.5 Å². The van der Waals surface area contributed by atoms with E-state index in [1.165, 1.54) is 19.3 Å². The van der Waals surface area contributed by atoms with Gasteiger partial charge >= 0.3 is 5.69 Å². The molecule has 0 aromatic carbocycles. The zero-order valence-corrected chi connectivity index (χ0v) is 12.8. The van der Waals surface area contributed by atoms with Gasteiger partial charge in [0.1, 0.15) is 0 Å². The lowest BCUT2D eigenvalue weighted by Gasteiger charge is -2.21. The molecule has 1 heterocycles. The summed E-state index contributed by atoms with van der Waals surface area (Å²) in [6.45, 7) is 8.25. The fourth-order valence-corrected chi connectivity index (χ4v) is 4.09. The van der Waals surface area contributed by atoms with Crippen LogP contribution in [0.2, 0.25) is 0 Å². The minimum atomic E-state index is -0.101. The molecule has 0 spiro atoms. The van der Waals surface area contributed by atoms with Crippen LogP contribution in [0, 0.1) is 5.92 Å². The van der Waals surface area contributed by atoms with E-state index in [0.29, 0.717) is 23.8 Å². The van der Waals surface area contributed by atoms with Crippen molar-refractivity contribution in [3.8, 4) is 0 Å². The average Bonchev–Trinajstić information content (AvgIpc) is 2.93.